The summed E-state index contributed by atoms with van der Waals surface area (Å²) in [6.07, 6.45) is 5.40. The lowest BCUT2D eigenvalue weighted by Gasteiger charge is -2.10. The quantitative estimate of drug-likeness (QED) is 0.702. The molecule has 0 aliphatic heterocycles. The summed E-state index contributed by atoms with van der Waals surface area (Å²) in [7, 11) is -3.61. The first kappa shape index (κ1) is 16.7. The SMILES string of the molecule is CCCc1ccc(S(=O)(=O)Nc2cscc2-c2cccnc2)cc1. The molecule has 0 unspecified atom stereocenters. The standard InChI is InChI=1S/C18H18N2O2S2/c1-2-4-14-6-8-16(9-7-14)24(21,22)20-18-13-23-12-17(18)15-5-3-10-19-11-15/h3,5-13,20H,2,4H2,1H3. The highest BCUT2D eigenvalue weighted by atomic mass is 32.2. The minimum Gasteiger partial charge on any atom is -0.278 e. The maximum absolute atomic E-state index is 12.6. The average molecular weight is 358 g/mol. The molecule has 4 nitrogen and oxygen atoms in total. The fraction of sp³-hybridized carbons (Fsp3) is 0.167. The molecule has 3 aromatic rings. The molecular formula is C18H18N2O2S2. The summed E-state index contributed by atoms with van der Waals surface area (Å²) in [6.45, 7) is 2.10. The Kier molecular flexibility index (Phi) is 4.97. The van der Waals surface area contributed by atoms with Crippen molar-refractivity contribution in [2.24, 2.45) is 0 Å². The molecule has 0 fully saturated rings. The van der Waals surface area contributed by atoms with Gasteiger partial charge < -0.3 is 0 Å². The Hall–Kier alpha value is -2.18. The first-order chi connectivity index (χ1) is 11.6. The van der Waals surface area contributed by atoms with Crippen molar-refractivity contribution in [1.29, 1.82) is 0 Å². The lowest BCUT2D eigenvalue weighted by molar-refractivity contribution is 0.601. The number of hydrogen-bond donors (Lipinski definition) is 1. The molecule has 0 spiro atoms. The van der Waals surface area contributed by atoms with E-state index < -0.39 is 10.0 Å². The van der Waals surface area contributed by atoms with E-state index in [0.29, 0.717) is 5.69 Å². The molecule has 24 heavy (non-hydrogen) atoms. The number of sulfonamides is 1. The van der Waals surface area contributed by atoms with E-state index in [4.69, 9.17) is 0 Å². The van der Waals surface area contributed by atoms with Crippen molar-refractivity contribution in [3.63, 3.8) is 0 Å². The molecule has 2 heterocycles. The van der Waals surface area contributed by atoms with Crippen molar-refractivity contribution in [3.8, 4) is 11.1 Å². The molecular weight excluding hydrogens is 340 g/mol. The maximum Gasteiger partial charge on any atom is 0.261 e. The Morgan fingerprint density at radius 2 is 1.92 bits per heavy atom. The second kappa shape index (κ2) is 7.15. The number of anilines is 1. The van der Waals surface area contributed by atoms with Gasteiger partial charge in [-0.05, 0) is 30.2 Å². The molecule has 1 aromatic carbocycles. The molecule has 2 aromatic heterocycles. The second-order valence-corrected chi connectivity index (χ2v) is 7.87. The maximum atomic E-state index is 12.6. The molecule has 0 bridgehead atoms. The smallest absolute Gasteiger partial charge is 0.261 e. The van der Waals surface area contributed by atoms with Gasteiger partial charge in [0.25, 0.3) is 10.0 Å². The lowest BCUT2D eigenvalue weighted by Crippen LogP contribution is -2.13. The molecule has 3 rings (SSSR count). The third kappa shape index (κ3) is 3.66. The summed E-state index contributed by atoms with van der Waals surface area (Å²) in [5, 5.41) is 3.71. The number of thiophene rings is 1. The molecule has 0 aliphatic carbocycles. The highest BCUT2D eigenvalue weighted by molar-refractivity contribution is 7.92. The van der Waals surface area contributed by atoms with Gasteiger partial charge in [0, 0.05) is 34.3 Å². The largest absolute Gasteiger partial charge is 0.278 e. The van der Waals surface area contributed by atoms with Gasteiger partial charge in [0.1, 0.15) is 0 Å². The number of nitrogens with zero attached hydrogens (tertiary/aromatic N) is 1. The number of aromatic nitrogens is 1. The summed E-state index contributed by atoms with van der Waals surface area (Å²) in [4.78, 5) is 4.36. The number of rotatable bonds is 6. The Morgan fingerprint density at radius 3 is 2.58 bits per heavy atom. The number of benzene rings is 1. The average Bonchev–Trinajstić information content (AvgIpc) is 3.04. The zero-order valence-corrected chi connectivity index (χ0v) is 14.9. The van der Waals surface area contributed by atoms with Crippen LogP contribution >= 0.6 is 11.3 Å². The summed E-state index contributed by atoms with van der Waals surface area (Å²) in [5.41, 5.74) is 3.43. The molecule has 0 saturated heterocycles. The highest BCUT2D eigenvalue weighted by Crippen LogP contribution is 2.32. The topological polar surface area (TPSA) is 59.1 Å². The number of pyridine rings is 1. The Balaban J connectivity index is 1.87. The molecule has 0 amide bonds. The van der Waals surface area contributed by atoms with Gasteiger partial charge in [-0.1, -0.05) is 31.5 Å². The van der Waals surface area contributed by atoms with Gasteiger partial charge in [-0.25, -0.2) is 8.42 Å². The molecule has 1 N–H and O–H groups in total. The minimum absolute atomic E-state index is 0.269. The Bertz CT molecular complexity index is 902. The van der Waals surface area contributed by atoms with Gasteiger partial charge >= 0.3 is 0 Å². The van der Waals surface area contributed by atoms with Crippen LogP contribution in [0.3, 0.4) is 0 Å². The van der Waals surface area contributed by atoms with E-state index >= 15 is 0 Å². The Labute approximate surface area is 146 Å². The van der Waals surface area contributed by atoms with Crippen LogP contribution in [0.2, 0.25) is 0 Å². The van der Waals surface area contributed by atoms with Gasteiger partial charge in [-0.3, -0.25) is 9.71 Å². The van der Waals surface area contributed by atoms with Crippen LogP contribution in [0.5, 0.6) is 0 Å². The molecule has 0 radical (unpaired) electrons. The molecule has 0 atom stereocenters. The van der Waals surface area contributed by atoms with Crippen LogP contribution < -0.4 is 4.72 Å². The fourth-order valence-corrected chi connectivity index (χ4v) is 4.38. The van der Waals surface area contributed by atoms with E-state index in [9.17, 15) is 8.42 Å². The predicted octanol–water partition coefficient (Wildman–Crippen LogP) is 4.56. The zero-order valence-electron chi connectivity index (χ0n) is 13.3. The summed E-state index contributed by atoms with van der Waals surface area (Å²) >= 11 is 1.45. The van der Waals surface area contributed by atoms with Crippen LogP contribution in [0, 0.1) is 0 Å². The van der Waals surface area contributed by atoms with Crippen LogP contribution in [0.4, 0.5) is 5.69 Å². The van der Waals surface area contributed by atoms with Gasteiger partial charge in [0.2, 0.25) is 0 Å². The van der Waals surface area contributed by atoms with Gasteiger partial charge in [0.15, 0.2) is 0 Å². The van der Waals surface area contributed by atoms with Crippen molar-refractivity contribution < 1.29 is 8.42 Å². The first-order valence-electron chi connectivity index (χ1n) is 7.68. The van der Waals surface area contributed by atoms with Crippen molar-refractivity contribution >= 4 is 27.0 Å². The van der Waals surface area contributed by atoms with Gasteiger partial charge in [0.05, 0.1) is 10.6 Å². The summed E-state index contributed by atoms with van der Waals surface area (Å²) < 4.78 is 27.9. The van der Waals surface area contributed by atoms with E-state index in [2.05, 4.69) is 16.6 Å². The fourth-order valence-electron chi connectivity index (χ4n) is 2.45. The highest BCUT2D eigenvalue weighted by Gasteiger charge is 2.17. The van der Waals surface area contributed by atoms with E-state index in [1.807, 2.05) is 29.6 Å². The second-order valence-electron chi connectivity index (χ2n) is 5.44. The van der Waals surface area contributed by atoms with E-state index in [-0.39, 0.29) is 4.90 Å². The summed E-state index contributed by atoms with van der Waals surface area (Å²) in [5.74, 6) is 0. The third-order valence-electron chi connectivity index (χ3n) is 3.65. The van der Waals surface area contributed by atoms with Crippen LogP contribution in [0.15, 0.2) is 64.4 Å². The van der Waals surface area contributed by atoms with Crippen LogP contribution in [0.25, 0.3) is 11.1 Å². The normalized spacial score (nSPS) is 11.4. The van der Waals surface area contributed by atoms with E-state index in [0.717, 1.165) is 29.5 Å². The first-order valence-corrected chi connectivity index (χ1v) is 10.1. The molecule has 6 heteroatoms. The lowest BCUT2D eigenvalue weighted by atomic mass is 10.1. The van der Waals surface area contributed by atoms with Crippen LogP contribution in [-0.2, 0) is 16.4 Å². The van der Waals surface area contributed by atoms with Gasteiger partial charge in [-0.15, -0.1) is 11.3 Å². The third-order valence-corrected chi connectivity index (χ3v) is 5.78. The number of aryl methyl sites for hydroxylation is 1. The van der Waals surface area contributed by atoms with Crippen molar-refractivity contribution in [2.75, 3.05) is 4.72 Å². The zero-order chi connectivity index (χ0) is 17.0. The molecule has 124 valence electrons. The van der Waals surface area contributed by atoms with Crippen LogP contribution in [-0.4, -0.2) is 13.4 Å². The number of hydrogen-bond acceptors (Lipinski definition) is 4. The predicted molar refractivity (Wildman–Crippen MR) is 98.8 cm³/mol. The van der Waals surface area contributed by atoms with Crippen molar-refractivity contribution in [3.05, 3.63) is 65.1 Å². The van der Waals surface area contributed by atoms with Crippen molar-refractivity contribution in [2.45, 2.75) is 24.7 Å². The van der Waals surface area contributed by atoms with Crippen LogP contribution in [0.1, 0.15) is 18.9 Å². The Morgan fingerprint density at radius 1 is 1.12 bits per heavy atom. The van der Waals surface area contributed by atoms with E-state index in [1.54, 1.807) is 29.9 Å². The summed E-state index contributed by atoms with van der Waals surface area (Å²) in [6, 6.07) is 10.8. The minimum atomic E-state index is -3.61. The van der Waals surface area contributed by atoms with Crippen molar-refractivity contribution in [1.82, 2.24) is 4.98 Å². The number of nitrogens with one attached hydrogen (secondary N) is 1. The molecule has 0 aliphatic rings. The monoisotopic (exact) mass is 358 g/mol. The van der Waals surface area contributed by atoms with Gasteiger partial charge in [-0.2, -0.15) is 0 Å². The van der Waals surface area contributed by atoms with E-state index in [1.165, 1.54) is 11.3 Å². The molecule has 0 saturated carbocycles.